The van der Waals surface area contributed by atoms with E-state index >= 15 is 0 Å². The summed E-state index contributed by atoms with van der Waals surface area (Å²) >= 11 is 0. The third-order valence-electron chi connectivity index (χ3n) is 2.78. The van der Waals surface area contributed by atoms with E-state index in [-0.39, 0.29) is 24.1 Å². The Morgan fingerprint density at radius 2 is 2.24 bits per heavy atom. The summed E-state index contributed by atoms with van der Waals surface area (Å²) in [6.07, 6.45) is 0.644. The molecule has 0 aromatic heterocycles. The van der Waals surface area contributed by atoms with E-state index in [0.717, 1.165) is 0 Å². The van der Waals surface area contributed by atoms with Crippen molar-refractivity contribution in [3.63, 3.8) is 0 Å². The van der Waals surface area contributed by atoms with Crippen LogP contribution in [0.5, 0.6) is 5.75 Å². The molecule has 0 aliphatic rings. The van der Waals surface area contributed by atoms with E-state index in [1.54, 1.807) is 12.1 Å². The minimum Gasteiger partial charge on any atom is -0.494 e. The summed E-state index contributed by atoms with van der Waals surface area (Å²) in [5, 5.41) is 8.86. The fraction of sp³-hybridized carbons (Fsp3) is 0.462. The Morgan fingerprint density at radius 3 is 2.76 bits per heavy atom. The van der Waals surface area contributed by atoms with E-state index in [1.165, 1.54) is 20.1 Å². The molecule has 0 radical (unpaired) electrons. The summed E-state index contributed by atoms with van der Waals surface area (Å²) in [7, 11) is 1.40. The zero-order valence-electron chi connectivity index (χ0n) is 10.1. The highest BCUT2D eigenvalue weighted by Gasteiger charge is 2.17. The summed E-state index contributed by atoms with van der Waals surface area (Å²) in [6.45, 7) is 1.38. The van der Waals surface area contributed by atoms with Crippen molar-refractivity contribution in [2.45, 2.75) is 19.8 Å². The number of carbonyl (C=O) groups excluding carboxylic acids is 1. The molecule has 0 heterocycles. The van der Waals surface area contributed by atoms with Gasteiger partial charge in [-0.3, -0.25) is 4.79 Å². The van der Waals surface area contributed by atoms with E-state index in [2.05, 4.69) is 0 Å². The Morgan fingerprint density at radius 1 is 1.53 bits per heavy atom. The molecule has 0 saturated heterocycles. The summed E-state index contributed by atoms with van der Waals surface area (Å²) in [5.41, 5.74) is 0.443. The SMILES string of the molecule is COc1cccc(CC(CCO)C(C)=O)c1F. The van der Waals surface area contributed by atoms with Gasteiger partial charge in [-0.1, -0.05) is 12.1 Å². The molecule has 0 spiro atoms. The monoisotopic (exact) mass is 240 g/mol. The second-order valence-electron chi connectivity index (χ2n) is 3.96. The standard InChI is InChI=1S/C13H17FO3/c1-9(16)10(6-7-15)8-11-4-3-5-12(17-2)13(11)14/h3-5,10,15H,6-8H2,1-2H3. The van der Waals surface area contributed by atoms with Crippen molar-refractivity contribution in [2.24, 2.45) is 5.92 Å². The molecule has 1 aromatic carbocycles. The Labute approximate surface area is 100 Å². The number of hydrogen-bond donors (Lipinski definition) is 1. The van der Waals surface area contributed by atoms with E-state index in [1.807, 2.05) is 0 Å². The first-order valence-electron chi connectivity index (χ1n) is 5.52. The lowest BCUT2D eigenvalue weighted by Crippen LogP contribution is -2.16. The first-order chi connectivity index (χ1) is 8.10. The number of Topliss-reactive ketones (excluding diaryl/α,β-unsaturated/α-hetero) is 1. The van der Waals surface area contributed by atoms with E-state index in [0.29, 0.717) is 18.4 Å². The normalized spacial score (nSPS) is 12.2. The highest BCUT2D eigenvalue weighted by atomic mass is 19.1. The number of methoxy groups -OCH3 is 1. The lowest BCUT2D eigenvalue weighted by molar-refractivity contribution is -0.121. The predicted molar refractivity (Wildman–Crippen MR) is 62.5 cm³/mol. The van der Waals surface area contributed by atoms with Crippen LogP contribution in [-0.4, -0.2) is 24.6 Å². The van der Waals surface area contributed by atoms with Gasteiger partial charge in [0, 0.05) is 12.5 Å². The van der Waals surface area contributed by atoms with Crippen LogP contribution in [0.4, 0.5) is 4.39 Å². The van der Waals surface area contributed by atoms with Crippen LogP contribution in [-0.2, 0) is 11.2 Å². The van der Waals surface area contributed by atoms with Crippen LogP contribution in [0.2, 0.25) is 0 Å². The van der Waals surface area contributed by atoms with Crippen LogP contribution >= 0.6 is 0 Å². The van der Waals surface area contributed by atoms with Gasteiger partial charge in [-0.25, -0.2) is 4.39 Å². The molecule has 0 amide bonds. The third-order valence-corrected chi connectivity index (χ3v) is 2.78. The maximum Gasteiger partial charge on any atom is 0.168 e. The fourth-order valence-corrected chi connectivity index (χ4v) is 1.74. The topological polar surface area (TPSA) is 46.5 Å². The number of ketones is 1. The zero-order chi connectivity index (χ0) is 12.8. The van der Waals surface area contributed by atoms with Crippen molar-refractivity contribution in [3.8, 4) is 5.75 Å². The van der Waals surface area contributed by atoms with Gasteiger partial charge in [0.2, 0.25) is 0 Å². The van der Waals surface area contributed by atoms with Gasteiger partial charge < -0.3 is 9.84 Å². The molecule has 0 aliphatic heterocycles. The number of halogens is 1. The van der Waals surface area contributed by atoms with E-state index in [4.69, 9.17) is 9.84 Å². The minimum absolute atomic E-state index is 0.0405. The van der Waals surface area contributed by atoms with Crippen LogP contribution in [0.15, 0.2) is 18.2 Å². The molecule has 3 nitrogen and oxygen atoms in total. The van der Waals surface area contributed by atoms with Crippen molar-refractivity contribution >= 4 is 5.78 Å². The quantitative estimate of drug-likeness (QED) is 0.826. The van der Waals surface area contributed by atoms with Gasteiger partial charge in [0.25, 0.3) is 0 Å². The van der Waals surface area contributed by atoms with Crippen LogP contribution in [0.3, 0.4) is 0 Å². The molecule has 0 bridgehead atoms. The predicted octanol–water partition coefficient (Wildman–Crippen LogP) is 1.96. The van der Waals surface area contributed by atoms with Crippen LogP contribution in [0.1, 0.15) is 18.9 Å². The van der Waals surface area contributed by atoms with Gasteiger partial charge in [-0.2, -0.15) is 0 Å². The number of benzene rings is 1. The lowest BCUT2D eigenvalue weighted by atomic mass is 9.93. The van der Waals surface area contributed by atoms with Crippen molar-refractivity contribution in [2.75, 3.05) is 13.7 Å². The van der Waals surface area contributed by atoms with Crippen LogP contribution < -0.4 is 4.74 Å². The summed E-state index contributed by atoms with van der Waals surface area (Å²) < 4.78 is 18.7. The molecule has 1 unspecified atom stereocenters. The second kappa shape index (κ2) is 6.35. The average Bonchev–Trinajstić information content (AvgIpc) is 2.30. The molecule has 17 heavy (non-hydrogen) atoms. The largest absolute Gasteiger partial charge is 0.494 e. The first kappa shape index (κ1) is 13.6. The smallest absolute Gasteiger partial charge is 0.168 e. The van der Waals surface area contributed by atoms with Gasteiger partial charge in [0.05, 0.1) is 7.11 Å². The Kier molecular flexibility index (Phi) is 5.10. The summed E-state index contributed by atoms with van der Waals surface area (Å²) in [4.78, 5) is 11.3. The van der Waals surface area contributed by atoms with Crippen LogP contribution in [0, 0.1) is 11.7 Å². The molecule has 0 fully saturated rings. The highest BCUT2D eigenvalue weighted by molar-refractivity contribution is 5.78. The van der Waals surface area contributed by atoms with Gasteiger partial charge >= 0.3 is 0 Å². The Bertz CT molecular complexity index is 390. The molecular formula is C13H17FO3. The molecule has 1 rings (SSSR count). The molecule has 4 heteroatoms. The number of carbonyl (C=O) groups is 1. The lowest BCUT2D eigenvalue weighted by Gasteiger charge is -2.13. The van der Waals surface area contributed by atoms with Gasteiger partial charge in [-0.15, -0.1) is 0 Å². The molecule has 94 valence electrons. The molecule has 0 aliphatic carbocycles. The number of aliphatic hydroxyl groups is 1. The third kappa shape index (κ3) is 3.53. The highest BCUT2D eigenvalue weighted by Crippen LogP contribution is 2.23. The van der Waals surface area contributed by atoms with Crippen molar-refractivity contribution < 1.29 is 19.0 Å². The number of rotatable bonds is 6. The Balaban J connectivity index is 2.89. The second-order valence-corrected chi connectivity index (χ2v) is 3.96. The van der Waals surface area contributed by atoms with Gasteiger partial charge in [0.15, 0.2) is 11.6 Å². The van der Waals surface area contributed by atoms with Gasteiger partial charge in [-0.05, 0) is 31.4 Å². The number of hydrogen-bond acceptors (Lipinski definition) is 3. The Hall–Kier alpha value is -1.42. The molecule has 1 N–H and O–H groups in total. The van der Waals surface area contributed by atoms with Crippen LogP contribution in [0.25, 0.3) is 0 Å². The first-order valence-corrected chi connectivity index (χ1v) is 5.52. The maximum atomic E-state index is 13.8. The number of ether oxygens (including phenoxy) is 1. The summed E-state index contributed by atoms with van der Waals surface area (Å²) in [5.74, 6) is -0.643. The minimum atomic E-state index is -0.431. The number of aliphatic hydroxyl groups excluding tert-OH is 1. The molecule has 1 atom stereocenters. The zero-order valence-corrected chi connectivity index (χ0v) is 10.1. The van der Waals surface area contributed by atoms with Crippen molar-refractivity contribution in [1.82, 2.24) is 0 Å². The van der Waals surface area contributed by atoms with Gasteiger partial charge in [0.1, 0.15) is 5.78 Å². The van der Waals surface area contributed by atoms with E-state index in [9.17, 15) is 9.18 Å². The maximum absolute atomic E-state index is 13.8. The molecular weight excluding hydrogens is 223 g/mol. The molecule has 0 saturated carbocycles. The average molecular weight is 240 g/mol. The van der Waals surface area contributed by atoms with Crippen molar-refractivity contribution in [1.29, 1.82) is 0 Å². The summed E-state index contributed by atoms with van der Waals surface area (Å²) in [6, 6.07) is 4.85. The van der Waals surface area contributed by atoms with E-state index < -0.39 is 5.82 Å². The molecule has 1 aromatic rings. The van der Waals surface area contributed by atoms with Crippen molar-refractivity contribution in [3.05, 3.63) is 29.6 Å². The fourth-order valence-electron chi connectivity index (χ4n) is 1.74.